The predicted octanol–water partition coefficient (Wildman–Crippen LogP) is 3.07. The molecule has 0 radical (unpaired) electrons. The molecule has 0 unspecified atom stereocenters. The number of rotatable bonds is 3. The molecule has 72 valence electrons. The molecule has 0 aliphatic rings. The Hall–Kier alpha value is -0.540. The summed E-state index contributed by atoms with van der Waals surface area (Å²) in [6, 6.07) is 3.70. The molecule has 0 bridgehead atoms. The van der Waals surface area contributed by atoms with Crippen molar-refractivity contribution in [1.82, 2.24) is 0 Å². The molecule has 0 atom stereocenters. The van der Waals surface area contributed by atoms with Gasteiger partial charge in [-0.2, -0.15) is 0 Å². The second-order valence-electron chi connectivity index (χ2n) is 3.17. The van der Waals surface area contributed by atoms with Gasteiger partial charge >= 0.3 is 0 Å². The lowest BCUT2D eigenvalue weighted by atomic mass is 10.0. The van der Waals surface area contributed by atoms with Crippen LogP contribution < -0.4 is 0 Å². The Balaban J connectivity index is 2.84. The second kappa shape index (κ2) is 4.63. The van der Waals surface area contributed by atoms with E-state index in [4.69, 9.17) is 9.52 Å². The van der Waals surface area contributed by atoms with Gasteiger partial charge in [0.25, 0.3) is 0 Å². The Kier molecular flexibility index (Phi) is 3.75. The van der Waals surface area contributed by atoms with Gasteiger partial charge in [0.05, 0.1) is 6.61 Å². The van der Waals surface area contributed by atoms with Crippen LogP contribution in [0.4, 0.5) is 0 Å². The van der Waals surface area contributed by atoms with Gasteiger partial charge in [0, 0.05) is 0 Å². The van der Waals surface area contributed by atoms with E-state index < -0.39 is 0 Å². The summed E-state index contributed by atoms with van der Waals surface area (Å²) in [5.41, 5.74) is 0.974. The Morgan fingerprint density at radius 1 is 1.62 bits per heavy atom. The van der Waals surface area contributed by atoms with E-state index >= 15 is 0 Å². The lowest BCUT2D eigenvalue weighted by molar-refractivity contribution is 0.320. The van der Waals surface area contributed by atoms with Gasteiger partial charge in [-0.25, -0.2) is 0 Å². The number of furan rings is 1. The molecular formula is C10H13BrO2. The second-order valence-corrected chi connectivity index (χ2v) is 3.96. The number of hydrogen-bond donors (Lipinski definition) is 1. The fourth-order valence-corrected chi connectivity index (χ4v) is 1.30. The zero-order valence-electron chi connectivity index (χ0n) is 7.75. The molecule has 1 N–H and O–H groups in total. The van der Waals surface area contributed by atoms with Crippen LogP contribution in [0.2, 0.25) is 0 Å². The average molecular weight is 245 g/mol. The average Bonchev–Trinajstić information content (AvgIpc) is 2.46. The highest BCUT2D eigenvalue weighted by Crippen LogP contribution is 2.19. The van der Waals surface area contributed by atoms with E-state index in [2.05, 4.69) is 15.9 Å². The summed E-state index contributed by atoms with van der Waals surface area (Å²) in [4.78, 5) is 0. The van der Waals surface area contributed by atoms with Crippen LogP contribution in [0.1, 0.15) is 19.6 Å². The van der Waals surface area contributed by atoms with Crippen molar-refractivity contribution in [2.24, 2.45) is 5.92 Å². The standard InChI is InChI=1S/C10H13BrO2/c1-7(2)8(6-12)5-9-3-4-10(11)13-9/h3-5,7,12H,6H2,1-2H3. The highest BCUT2D eigenvalue weighted by atomic mass is 79.9. The van der Waals surface area contributed by atoms with Gasteiger partial charge < -0.3 is 9.52 Å². The first kappa shape index (κ1) is 10.5. The molecule has 0 aliphatic carbocycles. The minimum Gasteiger partial charge on any atom is -0.450 e. The molecule has 0 amide bonds. The third-order valence-corrected chi connectivity index (χ3v) is 2.27. The van der Waals surface area contributed by atoms with E-state index in [0.717, 1.165) is 11.3 Å². The van der Waals surface area contributed by atoms with Crippen LogP contribution >= 0.6 is 15.9 Å². The molecule has 13 heavy (non-hydrogen) atoms. The van der Waals surface area contributed by atoms with E-state index in [1.165, 1.54) is 0 Å². The molecule has 0 aliphatic heterocycles. The number of aliphatic hydroxyl groups excluding tert-OH is 1. The summed E-state index contributed by atoms with van der Waals surface area (Å²) < 4.78 is 6.00. The van der Waals surface area contributed by atoms with Crippen LogP contribution in [0.15, 0.2) is 26.8 Å². The topological polar surface area (TPSA) is 33.4 Å². The molecule has 0 saturated carbocycles. The molecule has 3 heteroatoms. The van der Waals surface area contributed by atoms with E-state index in [1.807, 2.05) is 32.1 Å². The Morgan fingerprint density at radius 3 is 2.69 bits per heavy atom. The van der Waals surface area contributed by atoms with Crippen LogP contribution in [-0.2, 0) is 0 Å². The minimum absolute atomic E-state index is 0.0794. The number of hydrogen-bond acceptors (Lipinski definition) is 2. The zero-order chi connectivity index (χ0) is 9.84. The zero-order valence-corrected chi connectivity index (χ0v) is 9.34. The fourth-order valence-electron chi connectivity index (χ4n) is 0.983. The summed E-state index contributed by atoms with van der Waals surface area (Å²) in [6.45, 7) is 4.16. The molecule has 0 saturated heterocycles. The van der Waals surface area contributed by atoms with Gasteiger partial charge in [-0.05, 0) is 45.6 Å². The molecule has 2 nitrogen and oxygen atoms in total. The Bertz CT molecular complexity index is 300. The maximum atomic E-state index is 9.04. The van der Waals surface area contributed by atoms with Crippen LogP contribution in [0, 0.1) is 5.92 Å². The fraction of sp³-hybridized carbons (Fsp3) is 0.400. The molecule has 1 rings (SSSR count). The third kappa shape index (κ3) is 3.01. The summed E-state index contributed by atoms with van der Waals surface area (Å²) >= 11 is 3.22. The first-order valence-electron chi connectivity index (χ1n) is 4.20. The number of aliphatic hydroxyl groups is 1. The van der Waals surface area contributed by atoms with Crippen molar-refractivity contribution in [3.05, 3.63) is 28.1 Å². The van der Waals surface area contributed by atoms with Crippen molar-refractivity contribution >= 4 is 22.0 Å². The van der Waals surface area contributed by atoms with Crippen molar-refractivity contribution in [3.63, 3.8) is 0 Å². The molecule has 1 aromatic rings. The van der Waals surface area contributed by atoms with Gasteiger partial charge in [0.2, 0.25) is 0 Å². The molecule has 1 heterocycles. The Morgan fingerprint density at radius 2 is 2.31 bits per heavy atom. The van der Waals surface area contributed by atoms with E-state index in [1.54, 1.807) is 0 Å². The molecule has 0 fully saturated rings. The van der Waals surface area contributed by atoms with Gasteiger partial charge in [-0.15, -0.1) is 0 Å². The summed E-state index contributed by atoms with van der Waals surface area (Å²) in [5.74, 6) is 1.11. The van der Waals surface area contributed by atoms with E-state index in [0.29, 0.717) is 10.6 Å². The Labute approximate surface area is 86.4 Å². The highest BCUT2D eigenvalue weighted by Gasteiger charge is 2.03. The van der Waals surface area contributed by atoms with Crippen molar-refractivity contribution in [1.29, 1.82) is 0 Å². The quantitative estimate of drug-likeness (QED) is 0.887. The maximum absolute atomic E-state index is 9.04. The van der Waals surface area contributed by atoms with Crippen molar-refractivity contribution in [2.45, 2.75) is 13.8 Å². The van der Waals surface area contributed by atoms with Crippen molar-refractivity contribution in [3.8, 4) is 0 Å². The lowest BCUT2D eigenvalue weighted by Crippen LogP contribution is -1.98. The van der Waals surface area contributed by atoms with Crippen LogP contribution in [0.3, 0.4) is 0 Å². The van der Waals surface area contributed by atoms with Gasteiger partial charge in [-0.3, -0.25) is 0 Å². The molecule has 0 spiro atoms. The smallest absolute Gasteiger partial charge is 0.169 e. The van der Waals surface area contributed by atoms with Crippen LogP contribution in [0.25, 0.3) is 6.08 Å². The van der Waals surface area contributed by atoms with Crippen LogP contribution in [0.5, 0.6) is 0 Å². The van der Waals surface area contributed by atoms with Gasteiger partial charge in [0.15, 0.2) is 4.67 Å². The predicted molar refractivity (Wildman–Crippen MR) is 56.3 cm³/mol. The first-order valence-corrected chi connectivity index (χ1v) is 4.99. The third-order valence-electron chi connectivity index (χ3n) is 1.85. The largest absolute Gasteiger partial charge is 0.450 e. The number of halogens is 1. The summed E-state index contributed by atoms with van der Waals surface area (Å²) in [6.07, 6.45) is 1.87. The maximum Gasteiger partial charge on any atom is 0.169 e. The van der Waals surface area contributed by atoms with Gasteiger partial charge in [0.1, 0.15) is 5.76 Å². The monoisotopic (exact) mass is 244 g/mol. The lowest BCUT2D eigenvalue weighted by Gasteiger charge is -2.06. The summed E-state index contributed by atoms with van der Waals surface area (Å²) in [5, 5.41) is 9.04. The van der Waals surface area contributed by atoms with E-state index in [-0.39, 0.29) is 6.61 Å². The normalized spacial score (nSPS) is 12.5. The van der Waals surface area contributed by atoms with Crippen molar-refractivity contribution < 1.29 is 9.52 Å². The van der Waals surface area contributed by atoms with Crippen molar-refractivity contribution in [2.75, 3.05) is 6.61 Å². The first-order chi connectivity index (χ1) is 6.13. The highest BCUT2D eigenvalue weighted by molar-refractivity contribution is 9.10. The molecule has 0 aromatic carbocycles. The summed E-state index contributed by atoms with van der Waals surface area (Å²) in [7, 11) is 0. The minimum atomic E-state index is 0.0794. The molecular weight excluding hydrogens is 232 g/mol. The van der Waals surface area contributed by atoms with Gasteiger partial charge in [-0.1, -0.05) is 13.8 Å². The van der Waals surface area contributed by atoms with E-state index in [9.17, 15) is 0 Å². The SMILES string of the molecule is CC(C)C(=Cc1ccc(Br)o1)CO. The van der Waals surface area contributed by atoms with Crippen LogP contribution in [-0.4, -0.2) is 11.7 Å². The molecule has 1 aromatic heterocycles.